The summed E-state index contributed by atoms with van der Waals surface area (Å²) in [5.74, 6) is -2.83. The van der Waals surface area contributed by atoms with Crippen molar-refractivity contribution in [3.05, 3.63) is 65.2 Å². The highest BCUT2D eigenvalue weighted by Crippen LogP contribution is 2.53. The molecule has 0 aliphatic carbocycles. The van der Waals surface area contributed by atoms with Crippen LogP contribution in [-0.2, 0) is 29.9 Å². The number of rotatable bonds is 9. The predicted octanol–water partition coefficient (Wildman–Crippen LogP) is 2.22. The van der Waals surface area contributed by atoms with E-state index in [-0.39, 0.29) is 22.6 Å². The summed E-state index contributed by atoms with van der Waals surface area (Å²) >= 11 is 0. The van der Waals surface area contributed by atoms with E-state index >= 15 is 0 Å². The summed E-state index contributed by atoms with van der Waals surface area (Å²) in [5.41, 5.74) is -0.989. The molecule has 2 aromatic rings. The molecule has 11 heteroatoms. The van der Waals surface area contributed by atoms with E-state index in [1.54, 1.807) is 29.2 Å². The number of aliphatic hydroxyl groups excluding tert-OH is 1. The van der Waals surface area contributed by atoms with Crippen LogP contribution in [0.25, 0.3) is 5.76 Å². The zero-order chi connectivity index (χ0) is 28.7. The number of ketones is 1. The number of carbonyl (C=O) groups is 3. The second-order valence-electron chi connectivity index (χ2n) is 10.2. The van der Waals surface area contributed by atoms with Gasteiger partial charge in [-0.05, 0) is 50.8 Å². The van der Waals surface area contributed by atoms with Crippen LogP contribution in [0.3, 0.4) is 0 Å². The van der Waals surface area contributed by atoms with E-state index in [0.29, 0.717) is 30.8 Å². The molecule has 10 nitrogen and oxygen atoms in total. The molecule has 2 aliphatic heterocycles. The summed E-state index contributed by atoms with van der Waals surface area (Å²) in [5, 5.41) is 11.6. The minimum absolute atomic E-state index is 0.00164. The highest BCUT2D eigenvalue weighted by molar-refractivity contribution is 7.89. The highest BCUT2D eigenvalue weighted by atomic mass is 32.2. The first-order chi connectivity index (χ1) is 18.4. The first-order valence-corrected chi connectivity index (χ1v) is 14.2. The van der Waals surface area contributed by atoms with Gasteiger partial charge in [-0.2, -0.15) is 0 Å². The zero-order valence-corrected chi connectivity index (χ0v) is 23.7. The van der Waals surface area contributed by atoms with Gasteiger partial charge in [0.05, 0.1) is 16.2 Å². The summed E-state index contributed by atoms with van der Waals surface area (Å²) in [6.07, 6.45) is 1.54. The van der Waals surface area contributed by atoms with Crippen molar-refractivity contribution in [1.82, 2.24) is 14.1 Å². The van der Waals surface area contributed by atoms with Crippen molar-refractivity contribution in [2.75, 3.05) is 52.7 Å². The lowest BCUT2D eigenvalue weighted by molar-refractivity contribution is -0.143. The van der Waals surface area contributed by atoms with Gasteiger partial charge in [0.2, 0.25) is 10.0 Å². The SMILES string of the molecule is CCCCN1C(=O)C2(C(=C(O)c3ccc(S(=O)(=O)N(C)C)cc3)C(=O)C(=O)N2CCN(C)C)c2ccccc21. The van der Waals surface area contributed by atoms with E-state index in [1.807, 2.05) is 25.9 Å². The number of fused-ring (bicyclic) bond motifs is 2. The third-order valence-corrected chi connectivity index (χ3v) is 9.05. The van der Waals surface area contributed by atoms with E-state index in [4.69, 9.17) is 0 Å². The minimum atomic E-state index is -3.73. The molecule has 2 amide bonds. The van der Waals surface area contributed by atoms with Crippen LogP contribution in [-0.4, -0.2) is 93.1 Å². The quantitative estimate of drug-likeness (QED) is 0.287. The molecule has 0 saturated carbocycles. The molecule has 0 radical (unpaired) electrons. The number of amides is 2. The third-order valence-electron chi connectivity index (χ3n) is 7.22. The van der Waals surface area contributed by atoms with Gasteiger partial charge in [-0.15, -0.1) is 0 Å². The summed E-state index contributed by atoms with van der Waals surface area (Å²) in [4.78, 5) is 46.2. The number of hydrogen-bond acceptors (Lipinski definition) is 7. The number of likely N-dealkylation sites (N-methyl/N-ethyl adjacent to an activating group) is 1. The number of nitrogens with zero attached hydrogens (tertiary/aromatic N) is 4. The molecule has 4 rings (SSSR count). The Morgan fingerprint density at radius 2 is 1.59 bits per heavy atom. The van der Waals surface area contributed by atoms with E-state index in [0.717, 1.165) is 10.7 Å². The Morgan fingerprint density at radius 1 is 0.949 bits per heavy atom. The molecule has 0 aromatic heterocycles. The average molecular weight is 555 g/mol. The van der Waals surface area contributed by atoms with E-state index in [2.05, 4.69) is 0 Å². The first-order valence-electron chi connectivity index (χ1n) is 12.8. The second-order valence-corrected chi connectivity index (χ2v) is 12.3. The zero-order valence-electron chi connectivity index (χ0n) is 22.8. The van der Waals surface area contributed by atoms with Crippen LogP contribution in [0.4, 0.5) is 5.69 Å². The van der Waals surface area contributed by atoms with Crippen molar-refractivity contribution in [2.24, 2.45) is 0 Å². The fourth-order valence-corrected chi connectivity index (χ4v) is 6.05. The second kappa shape index (κ2) is 10.6. The van der Waals surface area contributed by atoms with Crippen molar-refractivity contribution >= 4 is 39.1 Å². The van der Waals surface area contributed by atoms with Gasteiger partial charge in [-0.3, -0.25) is 14.4 Å². The summed E-state index contributed by atoms with van der Waals surface area (Å²) < 4.78 is 26.1. The van der Waals surface area contributed by atoms with Gasteiger partial charge in [0.25, 0.3) is 17.6 Å². The molecule has 1 spiro atoms. The molecule has 39 heavy (non-hydrogen) atoms. The summed E-state index contributed by atoms with van der Waals surface area (Å²) in [6, 6.07) is 12.4. The number of hydrogen-bond donors (Lipinski definition) is 1. The van der Waals surface area contributed by atoms with Crippen LogP contribution < -0.4 is 4.90 Å². The molecular weight excluding hydrogens is 520 g/mol. The lowest BCUT2D eigenvalue weighted by atomic mass is 9.82. The summed E-state index contributed by atoms with van der Waals surface area (Å²) in [6.45, 7) is 2.86. The smallest absolute Gasteiger partial charge is 0.296 e. The number of sulfonamides is 1. The maximum absolute atomic E-state index is 14.4. The molecule has 1 fully saturated rings. The molecule has 1 atom stereocenters. The Kier molecular flexibility index (Phi) is 7.70. The van der Waals surface area contributed by atoms with Gasteiger partial charge >= 0.3 is 0 Å². The van der Waals surface area contributed by atoms with E-state index < -0.39 is 38.9 Å². The largest absolute Gasteiger partial charge is 0.507 e. The number of aliphatic hydroxyl groups is 1. The van der Waals surface area contributed by atoms with Crippen LogP contribution in [0, 0.1) is 0 Å². The minimum Gasteiger partial charge on any atom is -0.507 e. The van der Waals surface area contributed by atoms with Crippen molar-refractivity contribution in [3.8, 4) is 0 Å². The van der Waals surface area contributed by atoms with Gasteiger partial charge in [0.15, 0.2) is 5.54 Å². The van der Waals surface area contributed by atoms with Crippen LogP contribution in [0.2, 0.25) is 0 Å². The van der Waals surface area contributed by atoms with E-state index in [9.17, 15) is 27.9 Å². The van der Waals surface area contributed by atoms with Crippen molar-refractivity contribution < 1.29 is 27.9 Å². The average Bonchev–Trinajstić information content (AvgIpc) is 3.28. The number of benzene rings is 2. The number of Topliss-reactive ketones (excluding diaryl/α,β-unsaturated/α-hetero) is 1. The fourth-order valence-electron chi connectivity index (χ4n) is 5.14. The molecule has 2 heterocycles. The van der Waals surface area contributed by atoms with Crippen molar-refractivity contribution in [3.63, 3.8) is 0 Å². The lowest BCUT2D eigenvalue weighted by Crippen LogP contribution is -2.53. The van der Waals surface area contributed by atoms with Crippen LogP contribution in [0.15, 0.2) is 59.0 Å². The molecule has 2 aliphatic rings. The van der Waals surface area contributed by atoms with Gasteiger partial charge in [0, 0.05) is 44.9 Å². The van der Waals surface area contributed by atoms with Gasteiger partial charge in [0.1, 0.15) is 5.76 Å². The summed E-state index contributed by atoms with van der Waals surface area (Å²) in [7, 11) is 2.74. The normalized spacial score (nSPS) is 20.6. The third kappa shape index (κ3) is 4.44. The van der Waals surface area contributed by atoms with Crippen LogP contribution in [0.1, 0.15) is 30.9 Å². The number of likely N-dealkylation sites (tertiary alicyclic amines) is 1. The van der Waals surface area contributed by atoms with E-state index in [1.165, 1.54) is 43.3 Å². The molecule has 1 saturated heterocycles. The van der Waals surface area contributed by atoms with Crippen molar-refractivity contribution in [2.45, 2.75) is 30.2 Å². The maximum Gasteiger partial charge on any atom is 0.296 e. The van der Waals surface area contributed by atoms with Crippen LogP contribution >= 0.6 is 0 Å². The topological polar surface area (TPSA) is 119 Å². The predicted molar refractivity (Wildman–Crippen MR) is 148 cm³/mol. The molecule has 1 N–H and O–H groups in total. The van der Waals surface area contributed by atoms with Crippen LogP contribution in [0.5, 0.6) is 0 Å². The lowest BCUT2D eigenvalue weighted by Gasteiger charge is -2.35. The Hall–Kier alpha value is -3.54. The Morgan fingerprint density at radius 3 is 2.18 bits per heavy atom. The number of carbonyl (C=O) groups excluding carboxylic acids is 3. The van der Waals surface area contributed by atoms with Gasteiger partial charge in [-0.1, -0.05) is 31.5 Å². The van der Waals surface area contributed by atoms with Gasteiger partial charge in [-0.25, -0.2) is 12.7 Å². The highest BCUT2D eigenvalue weighted by Gasteiger charge is 2.66. The maximum atomic E-state index is 14.4. The Labute approximate surface area is 229 Å². The monoisotopic (exact) mass is 554 g/mol. The Bertz CT molecular complexity index is 1450. The standard InChI is InChI=1S/C28H34N4O6S/c1-6-7-16-31-22-11-9-8-10-21(22)28(27(31)36)23(25(34)26(35)32(28)18-17-29(2)3)24(33)19-12-14-20(15-13-19)39(37,38)30(4)5/h8-15,33H,6-7,16-18H2,1-5H3. The fraction of sp³-hybridized carbons (Fsp3) is 0.393. The molecule has 1 unspecified atom stereocenters. The Balaban J connectivity index is 1.97. The number of anilines is 1. The molecule has 0 bridgehead atoms. The van der Waals surface area contributed by atoms with Crippen molar-refractivity contribution in [1.29, 1.82) is 0 Å². The molecular formula is C28H34N4O6S. The number of unbranched alkanes of at least 4 members (excludes halogenated alkanes) is 1. The molecule has 208 valence electrons. The van der Waals surface area contributed by atoms with Gasteiger partial charge < -0.3 is 19.8 Å². The first kappa shape index (κ1) is 28.5. The molecule has 2 aromatic carbocycles. The number of para-hydroxylation sites is 1.